The van der Waals surface area contributed by atoms with E-state index in [4.69, 9.17) is 0 Å². The van der Waals surface area contributed by atoms with Gasteiger partial charge in [-0.25, -0.2) is 0 Å². The third-order valence-corrected chi connectivity index (χ3v) is 4.30. The highest BCUT2D eigenvalue weighted by atomic mass is 32.2. The highest BCUT2D eigenvalue weighted by Crippen LogP contribution is 2.28. The number of rotatable bonds is 5. The van der Waals surface area contributed by atoms with Crippen molar-refractivity contribution < 1.29 is 4.79 Å². The molecule has 1 amide bonds. The number of amides is 1. The quantitative estimate of drug-likeness (QED) is 0.840. The molecular weight excluding hydrogens is 256 g/mol. The average molecular weight is 278 g/mol. The first-order valence-electron chi connectivity index (χ1n) is 6.91. The fourth-order valence-electron chi connectivity index (χ4n) is 2.51. The summed E-state index contributed by atoms with van der Waals surface area (Å²) in [5.74, 6) is 0.239. The van der Waals surface area contributed by atoms with Crippen molar-refractivity contribution >= 4 is 17.7 Å². The Balaban J connectivity index is 2.22. The summed E-state index contributed by atoms with van der Waals surface area (Å²) in [6.07, 6.45) is 3.94. The van der Waals surface area contributed by atoms with Crippen LogP contribution in [0.25, 0.3) is 0 Å². The zero-order valence-corrected chi connectivity index (χ0v) is 12.7. The second-order valence-electron chi connectivity index (χ2n) is 4.83. The van der Waals surface area contributed by atoms with Gasteiger partial charge in [0, 0.05) is 11.4 Å². The molecule has 2 atom stereocenters. The van der Waals surface area contributed by atoms with Crippen LogP contribution in [0.5, 0.6) is 0 Å². The SMILES string of the molecule is CCCN1C(=O)C(CC)NC1c1ccc(SC)cc1. The summed E-state index contributed by atoms with van der Waals surface area (Å²) >= 11 is 1.74. The Labute approximate surface area is 119 Å². The van der Waals surface area contributed by atoms with E-state index in [2.05, 4.69) is 49.7 Å². The molecule has 0 spiro atoms. The second-order valence-corrected chi connectivity index (χ2v) is 5.71. The van der Waals surface area contributed by atoms with E-state index >= 15 is 0 Å². The predicted octanol–water partition coefficient (Wildman–Crippen LogP) is 3.03. The van der Waals surface area contributed by atoms with Crippen LogP contribution in [0.4, 0.5) is 0 Å². The largest absolute Gasteiger partial charge is 0.322 e. The van der Waals surface area contributed by atoms with E-state index in [0.29, 0.717) is 0 Å². The second kappa shape index (κ2) is 6.44. The van der Waals surface area contributed by atoms with Crippen LogP contribution in [0.2, 0.25) is 0 Å². The molecule has 1 saturated heterocycles. The normalized spacial score (nSPS) is 23.1. The lowest BCUT2D eigenvalue weighted by atomic mass is 10.1. The molecule has 1 aromatic rings. The number of hydrogen-bond donors (Lipinski definition) is 1. The van der Waals surface area contributed by atoms with Gasteiger partial charge in [0.05, 0.1) is 6.04 Å². The summed E-state index contributed by atoms with van der Waals surface area (Å²) in [7, 11) is 0. The summed E-state index contributed by atoms with van der Waals surface area (Å²) < 4.78 is 0. The van der Waals surface area contributed by atoms with Crippen molar-refractivity contribution in [3.63, 3.8) is 0 Å². The Kier molecular flexibility index (Phi) is 4.88. The first-order valence-corrected chi connectivity index (χ1v) is 8.14. The van der Waals surface area contributed by atoms with Crippen molar-refractivity contribution in [3.8, 4) is 0 Å². The molecule has 4 heteroatoms. The molecule has 0 bridgehead atoms. The van der Waals surface area contributed by atoms with E-state index in [0.717, 1.165) is 19.4 Å². The zero-order chi connectivity index (χ0) is 13.8. The lowest BCUT2D eigenvalue weighted by Gasteiger charge is -2.24. The Morgan fingerprint density at radius 1 is 1.26 bits per heavy atom. The number of nitrogens with one attached hydrogen (secondary N) is 1. The van der Waals surface area contributed by atoms with Crippen LogP contribution in [-0.2, 0) is 4.79 Å². The van der Waals surface area contributed by atoms with Gasteiger partial charge in [-0.15, -0.1) is 11.8 Å². The van der Waals surface area contributed by atoms with Gasteiger partial charge < -0.3 is 4.90 Å². The van der Waals surface area contributed by atoms with Crippen LogP contribution in [0.1, 0.15) is 38.4 Å². The predicted molar refractivity (Wildman–Crippen MR) is 80.2 cm³/mol. The number of carbonyl (C=O) groups excluding carboxylic acids is 1. The number of hydrogen-bond acceptors (Lipinski definition) is 3. The zero-order valence-electron chi connectivity index (χ0n) is 11.8. The summed E-state index contributed by atoms with van der Waals surface area (Å²) in [6, 6.07) is 8.46. The van der Waals surface area contributed by atoms with E-state index in [9.17, 15) is 4.79 Å². The van der Waals surface area contributed by atoms with Gasteiger partial charge in [0.1, 0.15) is 6.17 Å². The van der Waals surface area contributed by atoms with E-state index in [1.807, 2.05) is 4.90 Å². The smallest absolute Gasteiger partial charge is 0.241 e. The van der Waals surface area contributed by atoms with E-state index < -0.39 is 0 Å². The first-order chi connectivity index (χ1) is 9.21. The van der Waals surface area contributed by atoms with E-state index in [1.54, 1.807) is 11.8 Å². The molecule has 0 saturated carbocycles. The van der Waals surface area contributed by atoms with Gasteiger partial charge >= 0.3 is 0 Å². The van der Waals surface area contributed by atoms with Crippen molar-refractivity contribution in [3.05, 3.63) is 29.8 Å². The summed E-state index contributed by atoms with van der Waals surface area (Å²) in [6.45, 7) is 4.98. The molecule has 0 aromatic heterocycles. The van der Waals surface area contributed by atoms with Crippen LogP contribution in [0, 0.1) is 0 Å². The maximum absolute atomic E-state index is 12.3. The Morgan fingerprint density at radius 2 is 1.95 bits per heavy atom. The van der Waals surface area contributed by atoms with Crippen LogP contribution < -0.4 is 5.32 Å². The summed E-state index contributed by atoms with van der Waals surface area (Å²) in [4.78, 5) is 15.5. The first kappa shape index (κ1) is 14.4. The fraction of sp³-hybridized carbons (Fsp3) is 0.533. The lowest BCUT2D eigenvalue weighted by Crippen LogP contribution is -2.31. The number of thioether (sulfide) groups is 1. The van der Waals surface area contributed by atoms with Crippen molar-refractivity contribution in [2.24, 2.45) is 0 Å². The van der Waals surface area contributed by atoms with E-state index in [1.165, 1.54) is 10.5 Å². The van der Waals surface area contributed by atoms with Gasteiger partial charge in [0.25, 0.3) is 0 Å². The van der Waals surface area contributed by atoms with Crippen molar-refractivity contribution in [2.75, 3.05) is 12.8 Å². The molecule has 1 aliphatic rings. The number of benzene rings is 1. The maximum atomic E-state index is 12.3. The Bertz CT molecular complexity index is 432. The summed E-state index contributed by atoms with van der Waals surface area (Å²) in [5, 5.41) is 3.45. The van der Waals surface area contributed by atoms with Crippen molar-refractivity contribution in [2.45, 2.75) is 43.8 Å². The Hall–Kier alpha value is -1.00. The van der Waals surface area contributed by atoms with Gasteiger partial charge in [-0.05, 0) is 36.8 Å². The van der Waals surface area contributed by atoms with Gasteiger partial charge in [-0.2, -0.15) is 0 Å². The molecule has 0 aliphatic carbocycles. The van der Waals surface area contributed by atoms with Gasteiger partial charge in [0.15, 0.2) is 0 Å². The minimum absolute atomic E-state index is 0.0308. The highest BCUT2D eigenvalue weighted by Gasteiger charge is 2.37. The molecule has 104 valence electrons. The van der Waals surface area contributed by atoms with Gasteiger partial charge in [-0.3, -0.25) is 10.1 Å². The molecule has 1 N–H and O–H groups in total. The Morgan fingerprint density at radius 3 is 2.47 bits per heavy atom. The third kappa shape index (κ3) is 2.95. The maximum Gasteiger partial charge on any atom is 0.241 e. The molecule has 1 aromatic carbocycles. The minimum atomic E-state index is -0.0308. The van der Waals surface area contributed by atoms with Crippen molar-refractivity contribution in [1.29, 1.82) is 0 Å². The molecule has 2 rings (SSSR count). The van der Waals surface area contributed by atoms with E-state index in [-0.39, 0.29) is 18.1 Å². The van der Waals surface area contributed by atoms with Crippen LogP contribution in [0.3, 0.4) is 0 Å². The molecule has 19 heavy (non-hydrogen) atoms. The highest BCUT2D eigenvalue weighted by molar-refractivity contribution is 7.98. The number of carbonyl (C=O) groups is 1. The molecule has 1 aliphatic heterocycles. The molecular formula is C15H22N2OS. The third-order valence-electron chi connectivity index (χ3n) is 3.56. The number of nitrogens with zero attached hydrogens (tertiary/aromatic N) is 1. The molecule has 1 fully saturated rings. The molecule has 1 heterocycles. The van der Waals surface area contributed by atoms with Crippen LogP contribution in [-0.4, -0.2) is 29.6 Å². The summed E-state index contributed by atoms with van der Waals surface area (Å²) in [5.41, 5.74) is 1.18. The average Bonchev–Trinajstić information content (AvgIpc) is 2.76. The monoisotopic (exact) mass is 278 g/mol. The van der Waals surface area contributed by atoms with Gasteiger partial charge in [0.2, 0.25) is 5.91 Å². The minimum Gasteiger partial charge on any atom is -0.322 e. The molecule has 3 nitrogen and oxygen atoms in total. The molecule has 0 radical (unpaired) electrons. The lowest BCUT2D eigenvalue weighted by molar-refractivity contribution is -0.130. The molecule has 2 unspecified atom stereocenters. The topological polar surface area (TPSA) is 32.3 Å². The van der Waals surface area contributed by atoms with Crippen LogP contribution >= 0.6 is 11.8 Å². The standard InChI is InChI=1S/C15H22N2OS/c1-4-10-17-14(16-13(5-2)15(17)18)11-6-8-12(19-3)9-7-11/h6-9,13-14,16H,4-5,10H2,1-3H3. The van der Waals surface area contributed by atoms with Crippen LogP contribution in [0.15, 0.2) is 29.2 Å². The van der Waals surface area contributed by atoms with Gasteiger partial charge in [-0.1, -0.05) is 26.0 Å². The fourth-order valence-corrected chi connectivity index (χ4v) is 2.92. The van der Waals surface area contributed by atoms with Crippen molar-refractivity contribution in [1.82, 2.24) is 10.2 Å².